The van der Waals surface area contributed by atoms with Crippen molar-refractivity contribution in [1.29, 1.82) is 0 Å². The largest absolute Gasteiger partial charge is 0.427 e. The molecule has 1 rings (SSSR count). The van der Waals surface area contributed by atoms with Crippen LogP contribution in [0.1, 0.15) is 23.7 Å². The van der Waals surface area contributed by atoms with Gasteiger partial charge in [0.1, 0.15) is 5.75 Å². The first-order valence-corrected chi connectivity index (χ1v) is 6.50. The average molecular weight is 290 g/mol. The van der Waals surface area contributed by atoms with E-state index in [1.807, 2.05) is 0 Å². The molecule has 0 radical (unpaired) electrons. The summed E-state index contributed by atoms with van der Waals surface area (Å²) >= 11 is 0. The summed E-state index contributed by atoms with van der Waals surface area (Å²) in [5.41, 5.74) is 0.406. The van der Waals surface area contributed by atoms with Crippen LogP contribution in [0.3, 0.4) is 0 Å². The molecule has 0 unspecified atom stereocenters. The number of rotatable bonds is 7. The molecule has 0 saturated carbocycles. The quantitative estimate of drug-likeness (QED) is 0.340. The normalized spacial score (nSPS) is 9.57. The number of ether oxygens (including phenoxy) is 1. The van der Waals surface area contributed by atoms with Crippen LogP contribution in [0.25, 0.3) is 0 Å². The van der Waals surface area contributed by atoms with Gasteiger partial charge in [0, 0.05) is 25.6 Å². The monoisotopic (exact) mass is 290 g/mol. The molecule has 0 aliphatic carbocycles. The van der Waals surface area contributed by atoms with Crippen molar-refractivity contribution in [2.45, 2.75) is 13.3 Å². The highest BCUT2D eigenvalue weighted by atomic mass is 16.5. The van der Waals surface area contributed by atoms with Gasteiger partial charge in [0.05, 0.1) is 0 Å². The number of benzene rings is 1. The summed E-state index contributed by atoms with van der Waals surface area (Å²) in [6.45, 7) is 5.52. The number of carbonyl (C=O) groups excluding carboxylic acids is 3. The maximum atomic E-state index is 11.9. The molecule has 0 aliphatic heterocycles. The van der Waals surface area contributed by atoms with E-state index in [1.54, 1.807) is 18.2 Å². The molecule has 21 heavy (non-hydrogen) atoms. The first-order chi connectivity index (χ1) is 10.0. The summed E-state index contributed by atoms with van der Waals surface area (Å²) in [6, 6.07) is 6.36. The fraction of sp³-hybridized carbons (Fsp3) is 0.267. The number of nitrogens with one attached hydrogen (secondary N) is 2. The summed E-state index contributed by atoms with van der Waals surface area (Å²) in [5.74, 6) is -0.617. The molecule has 0 bridgehead atoms. The number of hydrogen-bond donors (Lipinski definition) is 2. The van der Waals surface area contributed by atoms with Gasteiger partial charge in [-0.1, -0.05) is 12.6 Å². The topological polar surface area (TPSA) is 84.5 Å². The SMILES string of the molecule is C=CC(=O)NCCCNC(=O)c1cccc(OC(C)=O)c1. The molecule has 2 N–H and O–H groups in total. The van der Waals surface area contributed by atoms with Crippen LogP contribution in [-0.2, 0) is 9.59 Å². The standard InChI is InChI=1S/C15H18N2O4/c1-3-14(19)16-8-5-9-17-15(20)12-6-4-7-13(10-12)21-11(2)18/h3-4,6-7,10H,1,5,8-9H2,2H3,(H,16,19)(H,17,20). The predicted octanol–water partition coefficient (Wildman–Crippen LogP) is 1.03. The minimum absolute atomic E-state index is 0.240. The van der Waals surface area contributed by atoms with Crippen LogP contribution in [0.4, 0.5) is 0 Å². The van der Waals surface area contributed by atoms with E-state index in [9.17, 15) is 14.4 Å². The molecule has 2 amide bonds. The Hall–Kier alpha value is -2.63. The fourth-order valence-electron chi connectivity index (χ4n) is 1.54. The number of esters is 1. The van der Waals surface area contributed by atoms with Crippen molar-refractivity contribution in [1.82, 2.24) is 10.6 Å². The van der Waals surface area contributed by atoms with Crippen LogP contribution in [0.2, 0.25) is 0 Å². The molecule has 0 aromatic heterocycles. The molecule has 0 aliphatic rings. The molecule has 0 fully saturated rings. The molecule has 6 heteroatoms. The van der Waals surface area contributed by atoms with Gasteiger partial charge < -0.3 is 15.4 Å². The lowest BCUT2D eigenvalue weighted by Gasteiger charge is -2.07. The number of hydrogen-bond acceptors (Lipinski definition) is 4. The lowest BCUT2D eigenvalue weighted by atomic mass is 10.2. The van der Waals surface area contributed by atoms with Crippen LogP contribution >= 0.6 is 0 Å². The molecule has 1 aromatic rings. The summed E-state index contributed by atoms with van der Waals surface area (Å²) in [4.78, 5) is 33.6. The molecule has 0 spiro atoms. The van der Waals surface area contributed by atoms with Gasteiger partial charge in [0.15, 0.2) is 0 Å². The van der Waals surface area contributed by atoms with Gasteiger partial charge in [-0.25, -0.2) is 0 Å². The van der Waals surface area contributed by atoms with Crippen LogP contribution in [-0.4, -0.2) is 30.9 Å². The second-order valence-corrected chi connectivity index (χ2v) is 4.23. The van der Waals surface area contributed by atoms with Crippen molar-refractivity contribution in [3.8, 4) is 5.75 Å². The predicted molar refractivity (Wildman–Crippen MR) is 77.9 cm³/mol. The van der Waals surface area contributed by atoms with Gasteiger partial charge in [-0.05, 0) is 30.7 Å². The van der Waals surface area contributed by atoms with E-state index in [2.05, 4.69) is 17.2 Å². The first kappa shape index (κ1) is 16.4. The molecule has 0 atom stereocenters. The van der Waals surface area contributed by atoms with E-state index in [1.165, 1.54) is 19.1 Å². The van der Waals surface area contributed by atoms with Crippen molar-refractivity contribution in [3.63, 3.8) is 0 Å². The van der Waals surface area contributed by atoms with E-state index in [4.69, 9.17) is 4.74 Å². The Morgan fingerprint density at radius 2 is 1.95 bits per heavy atom. The highest BCUT2D eigenvalue weighted by Gasteiger charge is 2.07. The van der Waals surface area contributed by atoms with Gasteiger partial charge in [-0.3, -0.25) is 14.4 Å². The molecule has 0 saturated heterocycles. The molecular weight excluding hydrogens is 272 g/mol. The Labute approximate surface area is 123 Å². The Morgan fingerprint density at radius 1 is 1.24 bits per heavy atom. The second-order valence-electron chi connectivity index (χ2n) is 4.23. The van der Waals surface area contributed by atoms with Gasteiger partial charge in [0.25, 0.3) is 5.91 Å². The average Bonchev–Trinajstić information content (AvgIpc) is 2.46. The molecule has 1 aromatic carbocycles. The molecule has 112 valence electrons. The van der Waals surface area contributed by atoms with E-state index in [-0.39, 0.29) is 11.8 Å². The van der Waals surface area contributed by atoms with Crippen molar-refractivity contribution in [2.24, 2.45) is 0 Å². The fourth-order valence-corrected chi connectivity index (χ4v) is 1.54. The van der Waals surface area contributed by atoms with Crippen LogP contribution in [0, 0.1) is 0 Å². The van der Waals surface area contributed by atoms with Crippen LogP contribution in [0.5, 0.6) is 5.75 Å². The smallest absolute Gasteiger partial charge is 0.308 e. The Morgan fingerprint density at radius 3 is 2.62 bits per heavy atom. The number of carbonyl (C=O) groups is 3. The third-order valence-corrected chi connectivity index (χ3v) is 2.48. The first-order valence-electron chi connectivity index (χ1n) is 6.50. The maximum absolute atomic E-state index is 11.9. The second kappa shape index (κ2) is 8.52. The molecule has 0 heterocycles. The lowest BCUT2D eigenvalue weighted by molar-refractivity contribution is -0.131. The highest BCUT2D eigenvalue weighted by Crippen LogP contribution is 2.13. The zero-order chi connectivity index (χ0) is 15.7. The Bertz CT molecular complexity index is 540. The summed E-state index contributed by atoms with van der Waals surface area (Å²) < 4.78 is 4.91. The maximum Gasteiger partial charge on any atom is 0.308 e. The Balaban J connectivity index is 2.39. The lowest BCUT2D eigenvalue weighted by Crippen LogP contribution is -2.29. The van der Waals surface area contributed by atoms with Gasteiger partial charge >= 0.3 is 5.97 Å². The Kier molecular flexibility index (Phi) is 6.67. The number of amides is 2. The van der Waals surface area contributed by atoms with Gasteiger partial charge in [-0.2, -0.15) is 0 Å². The minimum Gasteiger partial charge on any atom is -0.427 e. The van der Waals surface area contributed by atoms with Crippen molar-refractivity contribution >= 4 is 17.8 Å². The zero-order valence-corrected chi connectivity index (χ0v) is 11.8. The zero-order valence-electron chi connectivity index (χ0n) is 11.8. The third-order valence-electron chi connectivity index (χ3n) is 2.48. The van der Waals surface area contributed by atoms with Crippen LogP contribution < -0.4 is 15.4 Å². The summed E-state index contributed by atoms with van der Waals surface area (Å²) in [5, 5.41) is 5.33. The summed E-state index contributed by atoms with van der Waals surface area (Å²) in [6.07, 6.45) is 1.80. The van der Waals surface area contributed by atoms with E-state index in [0.29, 0.717) is 30.8 Å². The van der Waals surface area contributed by atoms with Gasteiger partial charge in [-0.15, -0.1) is 0 Å². The van der Waals surface area contributed by atoms with Crippen LogP contribution in [0.15, 0.2) is 36.9 Å². The van der Waals surface area contributed by atoms with E-state index < -0.39 is 5.97 Å². The van der Waals surface area contributed by atoms with Gasteiger partial charge in [0.2, 0.25) is 5.91 Å². The highest BCUT2D eigenvalue weighted by molar-refractivity contribution is 5.94. The summed E-state index contributed by atoms with van der Waals surface area (Å²) in [7, 11) is 0. The van der Waals surface area contributed by atoms with Crippen molar-refractivity contribution in [3.05, 3.63) is 42.5 Å². The van der Waals surface area contributed by atoms with E-state index >= 15 is 0 Å². The third kappa shape index (κ3) is 6.38. The minimum atomic E-state index is -0.439. The molecule has 6 nitrogen and oxygen atoms in total. The molecular formula is C15H18N2O4. The van der Waals surface area contributed by atoms with Crippen molar-refractivity contribution in [2.75, 3.05) is 13.1 Å². The van der Waals surface area contributed by atoms with Crippen molar-refractivity contribution < 1.29 is 19.1 Å². The van der Waals surface area contributed by atoms with E-state index in [0.717, 1.165) is 0 Å².